The van der Waals surface area contributed by atoms with Crippen molar-refractivity contribution in [2.24, 2.45) is 0 Å². The van der Waals surface area contributed by atoms with E-state index in [1.807, 2.05) is 32.0 Å². The van der Waals surface area contributed by atoms with E-state index in [1.54, 1.807) is 17.0 Å². The molecule has 3 rings (SSSR count). The van der Waals surface area contributed by atoms with E-state index in [2.05, 4.69) is 21.2 Å². The monoisotopic (exact) mass is 420 g/mol. The van der Waals surface area contributed by atoms with Gasteiger partial charge in [-0.15, -0.1) is 0 Å². The summed E-state index contributed by atoms with van der Waals surface area (Å²) < 4.78 is 6.06. The number of amides is 2. The highest BCUT2D eigenvalue weighted by Crippen LogP contribution is 2.23. The molecule has 2 amide bonds. The third-order valence-corrected chi connectivity index (χ3v) is 5.47. The number of halogens is 1. The second kappa shape index (κ2) is 8.05. The Bertz CT molecular complexity index is 783. The van der Waals surface area contributed by atoms with Crippen molar-refractivity contribution in [2.75, 3.05) is 31.5 Å². The first kappa shape index (κ1) is 18.7. The Hall–Kier alpha value is -2.12. The third kappa shape index (κ3) is 4.16. The average Bonchev–Trinajstić information content (AvgIpc) is 3.17. The van der Waals surface area contributed by atoms with E-state index >= 15 is 0 Å². The molecule has 1 saturated heterocycles. The number of rotatable bonds is 4. The number of quaternary nitrogens is 1. The Labute approximate surface area is 161 Å². The van der Waals surface area contributed by atoms with Gasteiger partial charge in [0.1, 0.15) is 0 Å². The minimum Gasteiger partial charge on any atom is -0.459 e. The van der Waals surface area contributed by atoms with E-state index in [0.29, 0.717) is 18.8 Å². The maximum absolute atomic E-state index is 12.6. The maximum Gasteiger partial charge on any atom is 0.289 e. The molecule has 0 bridgehead atoms. The highest BCUT2D eigenvalue weighted by molar-refractivity contribution is 9.10. The van der Waals surface area contributed by atoms with Gasteiger partial charge in [-0.1, -0.05) is 6.07 Å². The third-order valence-electron chi connectivity index (χ3n) is 4.81. The molecule has 2 aromatic rings. The van der Waals surface area contributed by atoms with Crippen molar-refractivity contribution in [3.8, 4) is 0 Å². The molecule has 138 valence electrons. The zero-order valence-corrected chi connectivity index (χ0v) is 16.5. The number of carbonyl (C=O) groups is 2. The highest BCUT2D eigenvalue weighted by atomic mass is 79.9. The molecule has 0 radical (unpaired) electrons. The van der Waals surface area contributed by atoms with Crippen molar-refractivity contribution in [1.82, 2.24) is 4.90 Å². The Morgan fingerprint density at radius 1 is 1.27 bits per heavy atom. The molecule has 2 heterocycles. The lowest BCUT2D eigenvalue weighted by atomic mass is 10.2. The summed E-state index contributed by atoms with van der Waals surface area (Å²) in [7, 11) is 0. The smallest absolute Gasteiger partial charge is 0.289 e. The topological polar surface area (TPSA) is 67.0 Å². The molecule has 1 atom stereocenters. The van der Waals surface area contributed by atoms with Crippen LogP contribution in [0.4, 0.5) is 5.69 Å². The SMILES string of the molecule is Cc1ccc(NC(=O)[C@H](C)[NH+]2CCN(C(=O)c3ccco3)CC2)c(Br)c1. The molecule has 1 aliphatic rings. The molecule has 0 aliphatic carbocycles. The van der Waals surface area contributed by atoms with Gasteiger partial charge < -0.3 is 19.5 Å². The van der Waals surface area contributed by atoms with Crippen LogP contribution in [0, 0.1) is 6.92 Å². The fourth-order valence-electron chi connectivity index (χ4n) is 3.13. The van der Waals surface area contributed by atoms with Gasteiger partial charge in [0.25, 0.3) is 11.8 Å². The number of hydrogen-bond acceptors (Lipinski definition) is 3. The average molecular weight is 421 g/mol. The number of hydrogen-bond donors (Lipinski definition) is 2. The van der Waals surface area contributed by atoms with E-state index < -0.39 is 0 Å². The van der Waals surface area contributed by atoms with Gasteiger partial charge in [-0.3, -0.25) is 9.59 Å². The van der Waals surface area contributed by atoms with E-state index in [0.717, 1.165) is 28.8 Å². The van der Waals surface area contributed by atoms with Crippen LogP contribution in [0.3, 0.4) is 0 Å². The van der Waals surface area contributed by atoms with E-state index in [-0.39, 0.29) is 17.9 Å². The quantitative estimate of drug-likeness (QED) is 0.790. The molecule has 26 heavy (non-hydrogen) atoms. The summed E-state index contributed by atoms with van der Waals surface area (Å²) >= 11 is 3.49. The Morgan fingerprint density at radius 2 is 2.00 bits per heavy atom. The number of benzene rings is 1. The number of anilines is 1. The molecule has 0 spiro atoms. The molecule has 7 heteroatoms. The van der Waals surface area contributed by atoms with E-state index in [9.17, 15) is 9.59 Å². The molecule has 6 nitrogen and oxygen atoms in total. The lowest BCUT2D eigenvalue weighted by molar-refractivity contribution is -0.917. The number of nitrogens with zero attached hydrogens (tertiary/aromatic N) is 1. The first-order valence-electron chi connectivity index (χ1n) is 8.70. The van der Waals surface area contributed by atoms with Gasteiger partial charge in [-0.2, -0.15) is 0 Å². The maximum atomic E-state index is 12.6. The van der Waals surface area contributed by atoms with Crippen LogP contribution in [0.25, 0.3) is 0 Å². The molecule has 1 fully saturated rings. The fraction of sp³-hybridized carbons (Fsp3) is 0.368. The highest BCUT2D eigenvalue weighted by Gasteiger charge is 2.31. The molecule has 1 aromatic carbocycles. The lowest BCUT2D eigenvalue weighted by Gasteiger charge is -2.34. The van der Waals surface area contributed by atoms with Gasteiger partial charge in [0.15, 0.2) is 11.8 Å². The molecule has 0 unspecified atom stereocenters. The van der Waals surface area contributed by atoms with E-state index in [1.165, 1.54) is 11.2 Å². The summed E-state index contributed by atoms with van der Waals surface area (Å²) in [6.45, 7) is 6.62. The standard InChI is InChI=1S/C19H22BrN3O3/c1-13-5-6-16(15(20)12-13)21-18(24)14(2)22-7-9-23(10-8-22)19(25)17-4-3-11-26-17/h3-6,11-12,14H,7-10H2,1-2H3,(H,21,24)/p+1/t14-/m0/s1. The fourth-order valence-corrected chi connectivity index (χ4v) is 3.73. The number of carbonyl (C=O) groups excluding carboxylic acids is 2. The Balaban J connectivity index is 1.55. The van der Waals surface area contributed by atoms with Crippen LogP contribution in [-0.2, 0) is 4.79 Å². The van der Waals surface area contributed by atoms with Crippen LogP contribution in [0.15, 0.2) is 45.5 Å². The summed E-state index contributed by atoms with van der Waals surface area (Å²) in [6, 6.07) is 9.05. The molecular formula is C19H23BrN3O3+. The number of piperazine rings is 1. The molecule has 2 N–H and O–H groups in total. The zero-order valence-electron chi connectivity index (χ0n) is 14.9. The van der Waals surface area contributed by atoms with E-state index in [4.69, 9.17) is 4.42 Å². The number of furan rings is 1. The number of nitrogens with one attached hydrogen (secondary N) is 2. The van der Waals surface area contributed by atoms with Crippen molar-refractivity contribution in [2.45, 2.75) is 19.9 Å². The van der Waals surface area contributed by atoms with Crippen LogP contribution in [-0.4, -0.2) is 48.9 Å². The molecule has 1 aliphatic heterocycles. The van der Waals surface area contributed by atoms with Gasteiger partial charge in [0.05, 0.1) is 38.1 Å². The predicted molar refractivity (Wildman–Crippen MR) is 102 cm³/mol. The van der Waals surface area contributed by atoms with Gasteiger partial charge in [-0.25, -0.2) is 0 Å². The largest absolute Gasteiger partial charge is 0.459 e. The van der Waals surface area contributed by atoms with Crippen molar-refractivity contribution in [3.05, 3.63) is 52.4 Å². The molecular weight excluding hydrogens is 398 g/mol. The van der Waals surface area contributed by atoms with Crippen LogP contribution in [0.2, 0.25) is 0 Å². The molecule has 0 saturated carbocycles. The second-order valence-electron chi connectivity index (χ2n) is 6.62. The van der Waals surface area contributed by atoms with Crippen molar-refractivity contribution < 1.29 is 18.9 Å². The Kier molecular flexibility index (Phi) is 5.78. The molecule has 1 aromatic heterocycles. The van der Waals surface area contributed by atoms with Crippen LogP contribution in [0.5, 0.6) is 0 Å². The summed E-state index contributed by atoms with van der Waals surface area (Å²) in [5.41, 5.74) is 1.91. The second-order valence-corrected chi connectivity index (χ2v) is 7.48. The van der Waals surface area contributed by atoms with Gasteiger partial charge in [0.2, 0.25) is 0 Å². The minimum atomic E-state index is -0.191. The van der Waals surface area contributed by atoms with Crippen LogP contribution >= 0.6 is 15.9 Å². The summed E-state index contributed by atoms with van der Waals surface area (Å²) in [5, 5.41) is 2.99. The van der Waals surface area contributed by atoms with Crippen molar-refractivity contribution in [3.63, 3.8) is 0 Å². The predicted octanol–water partition coefficient (Wildman–Crippen LogP) is 1.72. The number of aryl methyl sites for hydroxylation is 1. The minimum absolute atomic E-state index is 0.0182. The Morgan fingerprint density at radius 3 is 2.62 bits per heavy atom. The normalized spacial score (nSPS) is 16.3. The summed E-state index contributed by atoms with van der Waals surface area (Å²) in [6.07, 6.45) is 1.50. The van der Waals surface area contributed by atoms with Gasteiger partial charge >= 0.3 is 0 Å². The van der Waals surface area contributed by atoms with Crippen LogP contribution in [0.1, 0.15) is 23.0 Å². The first-order chi connectivity index (χ1) is 12.5. The first-order valence-corrected chi connectivity index (χ1v) is 9.49. The van der Waals surface area contributed by atoms with Gasteiger partial charge in [0, 0.05) is 4.47 Å². The zero-order chi connectivity index (χ0) is 18.7. The van der Waals surface area contributed by atoms with Crippen LogP contribution < -0.4 is 10.2 Å². The summed E-state index contributed by atoms with van der Waals surface area (Å²) in [4.78, 5) is 27.9. The summed E-state index contributed by atoms with van der Waals surface area (Å²) in [5.74, 6) is 0.258. The van der Waals surface area contributed by atoms with Gasteiger partial charge in [-0.05, 0) is 59.6 Å². The van der Waals surface area contributed by atoms with Crippen molar-refractivity contribution >= 4 is 33.4 Å². The lowest BCUT2D eigenvalue weighted by Crippen LogP contribution is -3.19. The van der Waals surface area contributed by atoms with Crippen molar-refractivity contribution in [1.29, 1.82) is 0 Å².